The van der Waals surface area contributed by atoms with Gasteiger partial charge in [-0.25, -0.2) is 4.98 Å². The smallest absolute Gasteiger partial charge is 0.230 e. The molecule has 0 atom stereocenters. The molecule has 0 spiro atoms. The van der Waals surface area contributed by atoms with Gasteiger partial charge in [-0.3, -0.25) is 4.68 Å². The second-order valence-corrected chi connectivity index (χ2v) is 10.0. The lowest BCUT2D eigenvalue weighted by Crippen LogP contribution is -2.45. The highest BCUT2D eigenvalue weighted by molar-refractivity contribution is 7.18. The quantitative estimate of drug-likeness (QED) is 0.519. The Bertz CT molecular complexity index is 1050. The summed E-state index contributed by atoms with van der Waals surface area (Å²) in [6.07, 6.45) is 10.9. The van der Waals surface area contributed by atoms with Crippen molar-refractivity contribution in [2.24, 2.45) is 7.05 Å². The van der Waals surface area contributed by atoms with Gasteiger partial charge in [0.25, 0.3) is 0 Å². The number of hydrogen-bond acceptors (Lipinski definition) is 9. The monoisotopic (exact) mass is 456 g/mol. The van der Waals surface area contributed by atoms with Crippen LogP contribution in [0.3, 0.4) is 0 Å². The van der Waals surface area contributed by atoms with Crippen LogP contribution in [0.25, 0.3) is 10.3 Å². The molecule has 9 nitrogen and oxygen atoms in total. The van der Waals surface area contributed by atoms with E-state index in [2.05, 4.69) is 27.6 Å². The highest BCUT2D eigenvalue weighted by Gasteiger charge is 2.29. The van der Waals surface area contributed by atoms with Crippen molar-refractivity contribution in [3.05, 3.63) is 17.4 Å². The molecule has 172 valence electrons. The van der Waals surface area contributed by atoms with Crippen molar-refractivity contribution >= 4 is 39.1 Å². The van der Waals surface area contributed by atoms with E-state index in [0.29, 0.717) is 18.0 Å². The number of hydrogen-bond donors (Lipinski definition) is 3. The Hall–Kier alpha value is -2.30. The Morgan fingerprint density at radius 2 is 1.88 bits per heavy atom. The Balaban J connectivity index is 1.30. The first-order valence-electron chi connectivity index (χ1n) is 11.7. The SMILES string of the molecule is CCc1nc2c(NC3CCC(N4CCC(O)CC4)CC3)nc(Nc3cnn(C)c3)nc2s1. The summed E-state index contributed by atoms with van der Waals surface area (Å²) in [4.78, 5) is 17.8. The van der Waals surface area contributed by atoms with E-state index in [4.69, 9.17) is 15.0 Å². The van der Waals surface area contributed by atoms with E-state index >= 15 is 0 Å². The fourth-order valence-corrected chi connectivity index (χ4v) is 5.69. The van der Waals surface area contributed by atoms with Crippen LogP contribution < -0.4 is 10.6 Å². The number of nitrogens with one attached hydrogen (secondary N) is 2. The highest BCUT2D eigenvalue weighted by Crippen LogP contribution is 2.32. The van der Waals surface area contributed by atoms with Crippen molar-refractivity contribution < 1.29 is 5.11 Å². The molecule has 5 rings (SSSR count). The first kappa shape index (κ1) is 21.5. The molecule has 0 bridgehead atoms. The summed E-state index contributed by atoms with van der Waals surface area (Å²) in [5.74, 6) is 1.39. The van der Waals surface area contributed by atoms with Gasteiger partial charge in [-0.1, -0.05) is 18.3 Å². The average Bonchev–Trinajstić information content (AvgIpc) is 3.40. The minimum absolute atomic E-state index is 0.106. The van der Waals surface area contributed by atoms with Crippen molar-refractivity contribution in [1.82, 2.24) is 29.6 Å². The number of piperidine rings is 1. The van der Waals surface area contributed by atoms with Gasteiger partial charge < -0.3 is 20.6 Å². The first-order chi connectivity index (χ1) is 15.6. The molecule has 1 aliphatic heterocycles. The number of nitrogens with zero attached hydrogens (tertiary/aromatic N) is 6. The van der Waals surface area contributed by atoms with Crippen molar-refractivity contribution in [1.29, 1.82) is 0 Å². The van der Waals surface area contributed by atoms with E-state index in [0.717, 1.165) is 72.1 Å². The molecule has 1 saturated heterocycles. The van der Waals surface area contributed by atoms with Gasteiger partial charge in [0.15, 0.2) is 10.6 Å². The Labute approximate surface area is 192 Å². The van der Waals surface area contributed by atoms with Gasteiger partial charge in [0.1, 0.15) is 5.52 Å². The Kier molecular flexibility index (Phi) is 6.25. The lowest BCUT2D eigenvalue weighted by atomic mass is 9.89. The lowest BCUT2D eigenvalue weighted by Gasteiger charge is -2.40. The maximum absolute atomic E-state index is 9.79. The summed E-state index contributed by atoms with van der Waals surface area (Å²) < 4.78 is 1.75. The standard InChI is InChI=1S/C22H32N8OS/c1-3-18-26-19-20(27-22(28-21(19)32-18)25-15-12-23-29(2)13-15)24-14-4-6-16(7-5-14)30-10-8-17(31)9-11-30/h12-14,16-17,31H,3-11H2,1-2H3,(H2,24,25,27,28). The van der Waals surface area contributed by atoms with Gasteiger partial charge in [-0.2, -0.15) is 15.1 Å². The molecule has 3 aromatic rings. The Morgan fingerprint density at radius 1 is 1.09 bits per heavy atom. The molecule has 2 aliphatic rings. The molecule has 0 aromatic carbocycles. The number of rotatable bonds is 6. The van der Waals surface area contributed by atoms with Crippen LogP contribution in [-0.2, 0) is 13.5 Å². The van der Waals surface area contributed by atoms with Crippen LogP contribution in [0.1, 0.15) is 50.5 Å². The molecule has 10 heteroatoms. The molecular formula is C22H32N8OS. The highest BCUT2D eigenvalue weighted by atomic mass is 32.1. The summed E-state index contributed by atoms with van der Waals surface area (Å²) in [5.41, 5.74) is 1.74. The predicted octanol–water partition coefficient (Wildman–Crippen LogP) is 3.31. The summed E-state index contributed by atoms with van der Waals surface area (Å²) in [6, 6.07) is 1.03. The van der Waals surface area contributed by atoms with Gasteiger partial charge in [-0.05, 0) is 44.9 Å². The van der Waals surface area contributed by atoms with E-state index in [1.165, 1.54) is 12.8 Å². The van der Waals surface area contributed by atoms with E-state index in [1.54, 1.807) is 22.2 Å². The van der Waals surface area contributed by atoms with Crippen molar-refractivity contribution in [2.75, 3.05) is 23.7 Å². The molecule has 2 fully saturated rings. The molecule has 4 heterocycles. The number of likely N-dealkylation sites (tertiary alicyclic amines) is 1. The van der Waals surface area contributed by atoms with Crippen molar-refractivity contribution in [3.8, 4) is 0 Å². The van der Waals surface area contributed by atoms with Gasteiger partial charge in [-0.15, -0.1) is 0 Å². The van der Waals surface area contributed by atoms with E-state index in [1.807, 2.05) is 13.2 Å². The zero-order valence-electron chi connectivity index (χ0n) is 18.8. The van der Waals surface area contributed by atoms with Crippen LogP contribution in [0.5, 0.6) is 0 Å². The summed E-state index contributed by atoms with van der Waals surface area (Å²) in [7, 11) is 1.89. The minimum atomic E-state index is -0.106. The summed E-state index contributed by atoms with van der Waals surface area (Å²) >= 11 is 1.63. The molecule has 0 unspecified atom stereocenters. The Morgan fingerprint density at radius 3 is 2.56 bits per heavy atom. The number of thiazole rings is 1. The number of aryl methyl sites for hydroxylation is 2. The fourth-order valence-electron chi connectivity index (χ4n) is 4.82. The topological polar surface area (TPSA) is 104 Å². The normalized spacial score (nSPS) is 23.0. The van der Waals surface area contributed by atoms with E-state index in [9.17, 15) is 5.11 Å². The van der Waals surface area contributed by atoms with Gasteiger partial charge in [0.2, 0.25) is 5.95 Å². The van der Waals surface area contributed by atoms with Crippen LogP contribution in [-0.4, -0.2) is 66.0 Å². The fraction of sp³-hybridized carbons (Fsp3) is 0.636. The van der Waals surface area contributed by atoms with Gasteiger partial charge in [0, 0.05) is 38.4 Å². The molecule has 0 amide bonds. The van der Waals surface area contributed by atoms with E-state index in [-0.39, 0.29) is 6.10 Å². The van der Waals surface area contributed by atoms with Crippen LogP contribution in [0.4, 0.5) is 17.5 Å². The van der Waals surface area contributed by atoms with Gasteiger partial charge >= 0.3 is 0 Å². The van der Waals surface area contributed by atoms with E-state index < -0.39 is 0 Å². The number of aliphatic hydroxyl groups is 1. The molecule has 3 aromatic heterocycles. The van der Waals surface area contributed by atoms with Crippen LogP contribution >= 0.6 is 11.3 Å². The molecule has 1 aliphatic carbocycles. The third-order valence-electron chi connectivity index (χ3n) is 6.62. The minimum Gasteiger partial charge on any atom is -0.393 e. The molecule has 3 N–H and O–H groups in total. The average molecular weight is 457 g/mol. The lowest BCUT2D eigenvalue weighted by molar-refractivity contribution is 0.0495. The maximum atomic E-state index is 9.79. The molecule has 0 radical (unpaired) electrons. The zero-order valence-corrected chi connectivity index (χ0v) is 19.6. The van der Waals surface area contributed by atoms with Crippen LogP contribution in [0, 0.1) is 0 Å². The van der Waals surface area contributed by atoms with Crippen LogP contribution in [0.2, 0.25) is 0 Å². The second-order valence-electron chi connectivity index (χ2n) is 8.96. The summed E-state index contributed by atoms with van der Waals surface area (Å²) in [5, 5.41) is 22.1. The molecule has 1 saturated carbocycles. The van der Waals surface area contributed by atoms with Gasteiger partial charge in [0.05, 0.1) is 23.0 Å². The second kappa shape index (κ2) is 9.29. The molecule has 32 heavy (non-hydrogen) atoms. The van der Waals surface area contributed by atoms with Crippen molar-refractivity contribution in [3.63, 3.8) is 0 Å². The van der Waals surface area contributed by atoms with Crippen LogP contribution in [0.15, 0.2) is 12.4 Å². The van der Waals surface area contributed by atoms with Crippen molar-refractivity contribution in [2.45, 2.75) is 70.1 Å². The first-order valence-corrected chi connectivity index (χ1v) is 12.5. The zero-order chi connectivity index (χ0) is 22.1. The summed E-state index contributed by atoms with van der Waals surface area (Å²) in [6.45, 7) is 4.17. The third-order valence-corrected chi connectivity index (χ3v) is 7.71. The largest absolute Gasteiger partial charge is 0.393 e. The third kappa shape index (κ3) is 4.72. The number of anilines is 3. The number of aliphatic hydroxyl groups excluding tert-OH is 1. The number of aromatic nitrogens is 5. The number of fused-ring (bicyclic) bond motifs is 1. The molecular weight excluding hydrogens is 424 g/mol. The maximum Gasteiger partial charge on any atom is 0.230 e. The predicted molar refractivity (Wildman–Crippen MR) is 128 cm³/mol.